The van der Waals surface area contributed by atoms with E-state index >= 15 is 0 Å². The van der Waals surface area contributed by atoms with E-state index in [1.54, 1.807) is 32.6 Å². The van der Waals surface area contributed by atoms with Crippen molar-refractivity contribution in [1.29, 1.82) is 0 Å². The molecule has 1 heterocycles. The van der Waals surface area contributed by atoms with Crippen molar-refractivity contribution < 1.29 is 14.3 Å². The minimum absolute atomic E-state index is 0.345. The number of nitrogens with one attached hydrogen (secondary N) is 1. The van der Waals surface area contributed by atoms with Gasteiger partial charge in [-0.25, -0.2) is 10.4 Å². The van der Waals surface area contributed by atoms with Gasteiger partial charge >= 0.3 is 0 Å². The third kappa shape index (κ3) is 4.32. The van der Waals surface area contributed by atoms with Gasteiger partial charge in [-0.3, -0.25) is 4.79 Å². The Morgan fingerprint density at radius 3 is 2.56 bits per heavy atom. The fourth-order valence-electron chi connectivity index (χ4n) is 2.46. The smallest absolute Gasteiger partial charge is 0.291 e. The summed E-state index contributed by atoms with van der Waals surface area (Å²) in [5.74, 6) is 0.878. The molecule has 6 nitrogen and oxygen atoms in total. The summed E-state index contributed by atoms with van der Waals surface area (Å²) in [5.41, 5.74) is 4.66. The fourth-order valence-corrected chi connectivity index (χ4v) is 3.38. The van der Waals surface area contributed by atoms with Crippen LogP contribution >= 0.6 is 11.3 Å². The standard InChI is InChI=1S/C20H19N3O3S/c1-13-18(22-20(27-13)15-7-5-4-6-8-15)19(24)23-21-12-14-9-10-16(25-2)17(11-14)26-3/h4-12H,1-3H3,(H,23,24)/b21-12-. The lowest BCUT2D eigenvalue weighted by Gasteiger charge is -2.07. The molecule has 2 aromatic carbocycles. The van der Waals surface area contributed by atoms with Crippen molar-refractivity contribution in [2.45, 2.75) is 6.92 Å². The zero-order chi connectivity index (χ0) is 19.2. The maximum Gasteiger partial charge on any atom is 0.291 e. The Hall–Kier alpha value is -3.19. The lowest BCUT2D eigenvalue weighted by atomic mass is 10.2. The van der Waals surface area contributed by atoms with E-state index in [1.807, 2.05) is 43.3 Å². The van der Waals surface area contributed by atoms with Gasteiger partial charge in [0.2, 0.25) is 0 Å². The molecule has 7 heteroatoms. The summed E-state index contributed by atoms with van der Waals surface area (Å²) in [6.07, 6.45) is 1.54. The molecule has 0 fully saturated rings. The minimum atomic E-state index is -0.345. The number of thiazole rings is 1. The van der Waals surface area contributed by atoms with Gasteiger partial charge in [-0.15, -0.1) is 11.3 Å². The van der Waals surface area contributed by atoms with E-state index in [0.29, 0.717) is 17.2 Å². The third-order valence-electron chi connectivity index (χ3n) is 3.82. The second-order valence-electron chi connectivity index (χ2n) is 5.60. The normalized spacial score (nSPS) is 10.8. The van der Waals surface area contributed by atoms with Crippen molar-refractivity contribution in [3.8, 4) is 22.1 Å². The number of rotatable bonds is 6. The predicted molar refractivity (Wildman–Crippen MR) is 107 cm³/mol. The monoisotopic (exact) mass is 381 g/mol. The van der Waals surface area contributed by atoms with Crippen molar-refractivity contribution >= 4 is 23.5 Å². The van der Waals surface area contributed by atoms with Crippen LogP contribution in [0.4, 0.5) is 0 Å². The summed E-state index contributed by atoms with van der Waals surface area (Å²) in [7, 11) is 3.14. The molecule has 3 aromatic rings. The van der Waals surface area contributed by atoms with Gasteiger partial charge in [0, 0.05) is 10.4 Å². The van der Waals surface area contributed by atoms with Crippen LogP contribution in [0.5, 0.6) is 11.5 Å². The Kier molecular flexibility index (Phi) is 5.83. The van der Waals surface area contributed by atoms with Crippen LogP contribution in [0.3, 0.4) is 0 Å². The largest absolute Gasteiger partial charge is 0.493 e. The van der Waals surface area contributed by atoms with E-state index in [2.05, 4.69) is 15.5 Å². The van der Waals surface area contributed by atoms with Crippen LogP contribution in [0.2, 0.25) is 0 Å². The van der Waals surface area contributed by atoms with Gasteiger partial charge in [0.25, 0.3) is 5.91 Å². The first-order valence-corrected chi connectivity index (χ1v) is 9.02. The quantitative estimate of drug-likeness (QED) is 0.519. The van der Waals surface area contributed by atoms with Gasteiger partial charge in [-0.05, 0) is 30.7 Å². The van der Waals surface area contributed by atoms with E-state index in [0.717, 1.165) is 21.0 Å². The van der Waals surface area contributed by atoms with Crippen LogP contribution in [-0.4, -0.2) is 31.3 Å². The summed E-state index contributed by atoms with van der Waals surface area (Å²) >= 11 is 1.48. The summed E-state index contributed by atoms with van der Waals surface area (Å²) in [5, 5.41) is 4.82. The number of benzene rings is 2. The number of hydrogen-bond donors (Lipinski definition) is 1. The highest BCUT2D eigenvalue weighted by Gasteiger charge is 2.15. The van der Waals surface area contributed by atoms with Crippen LogP contribution in [0.15, 0.2) is 53.6 Å². The second-order valence-corrected chi connectivity index (χ2v) is 6.81. The Bertz CT molecular complexity index is 968. The molecule has 0 saturated heterocycles. The number of amides is 1. The average Bonchev–Trinajstić information content (AvgIpc) is 3.10. The Balaban J connectivity index is 1.71. The third-order valence-corrected chi connectivity index (χ3v) is 4.84. The number of nitrogens with zero attached hydrogens (tertiary/aromatic N) is 2. The van der Waals surface area contributed by atoms with E-state index in [-0.39, 0.29) is 5.91 Å². The average molecular weight is 381 g/mol. The molecule has 138 valence electrons. The van der Waals surface area contributed by atoms with E-state index < -0.39 is 0 Å². The number of hydrogen-bond acceptors (Lipinski definition) is 6. The zero-order valence-electron chi connectivity index (χ0n) is 15.2. The molecule has 0 bridgehead atoms. The van der Waals surface area contributed by atoms with E-state index in [4.69, 9.17) is 9.47 Å². The van der Waals surface area contributed by atoms with Crippen LogP contribution < -0.4 is 14.9 Å². The lowest BCUT2D eigenvalue weighted by Crippen LogP contribution is -2.18. The number of methoxy groups -OCH3 is 2. The molecular weight excluding hydrogens is 362 g/mol. The summed E-state index contributed by atoms with van der Waals surface area (Å²) in [6.45, 7) is 1.87. The van der Waals surface area contributed by atoms with Gasteiger partial charge in [-0.1, -0.05) is 30.3 Å². The van der Waals surface area contributed by atoms with Crippen LogP contribution in [0.1, 0.15) is 20.9 Å². The molecule has 0 radical (unpaired) electrons. The van der Waals surface area contributed by atoms with Gasteiger partial charge in [0.15, 0.2) is 11.5 Å². The molecule has 1 aromatic heterocycles. The maximum atomic E-state index is 12.4. The van der Waals surface area contributed by atoms with Crippen LogP contribution in [0, 0.1) is 6.92 Å². The molecule has 0 spiro atoms. The lowest BCUT2D eigenvalue weighted by molar-refractivity contribution is 0.0950. The minimum Gasteiger partial charge on any atom is -0.493 e. The Labute approximate surface area is 161 Å². The number of ether oxygens (including phenoxy) is 2. The highest BCUT2D eigenvalue weighted by Crippen LogP contribution is 2.28. The van der Waals surface area contributed by atoms with Gasteiger partial charge < -0.3 is 9.47 Å². The summed E-state index contributed by atoms with van der Waals surface area (Å²) < 4.78 is 10.4. The second kappa shape index (κ2) is 8.46. The first kappa shape index (κ1) is 18.6. The number of carbonyl (C=O) groups is 1. The molecule has 27 heavy (non-hydrogen) atoms. The zero-order valence-corrected chi connectivity index (χ0v) is 16.0. The van der Waals surface area contributed by atoms with Gasteiger partial charge in [-0.2, -0.15) is 5.10 Å². The predicted octanol–water partition coefficient (Wildman–Crippen LogP) is 3.90. The Morgan fingerprint density at radius 2 is 1.85 bits per heavy atom. The van der Waals surface area contributed by atoms with Crippen molar-refractivity contribution in [1.82, 2.24) is 10.4 Å². The highest BCUT2D eigenvalue weighted by atomic mass is 32.1. The number of carbonyl (C=O) groups excluding carboxylic acids is 1. The summed E-state index contributed by atoms with van der Waals surface area (Å²) in [4.78, 5) is 17.7. The molecule has 0 aliphatic heterocycles. The molecule has 0 atom stereocenters. The van der Waals surface area contributed by atoms with Crippen molar-refractivity contribution in [3.05, 3.63) is 64.7 Å². The fraction of sp³-hybridized carbons (Fsp3) is 0.150. The molecule has 0 aliphatic carbocycles. The van der Waals surface area contributed by atoms with Crippen molar-refractivity contribution in [3.63, 3.8) is 0 Å². The molecule has 3 rings (SSSR count). The van der Waals surface area contributed by atoms with Crippen LogP contribution in [-0.2, 0) is 0 Å². The number of aromatic nitrogens is 1. The van der Waals surface area contributed by atoms with Gasteiger partial charge in [0.05, 0.1) is 20.4 Å². The molecule has 1 amide bonds. The molecule has 0 saturated carbocycles. The Morgan fingerprint density at radius 1 is 1.11 bits per heavy atom. The van der Waals surface area contributed by atoms with E-state index in [9.17, 15) is 4.79 Å². The van der Waals surface area contributed by atoms with Crippen molar-refractivity contribution in [2.75, 3.05) is 14.2 Å². The van der Waals surface area contributed by atoms with Crippen molar-refractivity contribution in [2.24, 2.45) is 5.10 Å². The molecule has 0 unspecified atom stereocenters. The first-order chi connectivity index (χ1) is 13.1. The number of hydrazone groups is 1. The maximum absolute atomic E-state index is 12.4. The van der Waals surface area contributed by atoms with Gasteiger partial charge in [0.1, 0.15) is 10.7 Å². The molecular formula is C20H19N3O3S. The first-order valence-electron chi connectivity index (χ1n) is 8.20. The van der Waals surface area contributed by atoms with E-state index in [1.165, 1.54) is 11.3 Å². The summed E-state index contributed by atoms with van der Waals surface area (Å²) in [6, 6.07) is 15.1. The topological polar surface area (TPSA) is 72.8 Å². The molecule has 1 N–H and O–H groups in total. The van der Waals surface area contributed by atoms with Crippen LogP contribution in [0.25, 0.3) is 10.6 Å². The molecule has 0 aliphatic rings. The number of aryl methyl sites for hydroxylation is 1. The SMILES string of the molecule is COc1ccc(/C=N\NC(=O)c2nc(-c3ccccc3)sc2C)cc1OC. The highest BCUT2D eigenvalue weighted by molar-refractivity contribution is 7.15.